The minimum atomic E-state index is -0.139. The predicted molar refractivity (Wildman–Crippen MR) is 142 cm³/mol. The van der Waals surface area contributed by atoms with Crippen molar-refractivity contribution in [1.29, 1.82) is 0 Å². The Labute approximate surface area is 207 Å². The van der Waals surface area contributed by atoms with Gasteiger partial charge in [-0.2, -0.15) is 5.10 Å². The quantitative estimate of drug-likeness (QED) is 0.169. The number of pyridine rings is 1. The van der Waals surface area contributed by atoms with Gasteiger partial charge in [-0.15, -0.1) is 0 Å². The first-order valence-electron chi connectivity index (χ1n) is 10.6. The lowest BCUT2D eigenvalue weighted by molar-refractivity contribution is 0.0954. The molecule has 0 bridgehead atoms. The van der Waals surface area contributed by atoms with Gasteiger partial charge in [-0.25, -0.2) is 0 Å². The lowest BCUT2D eigenvalue weighted by Gasteiger charge is -2.09. The molecule has 0 radical (unpaired) electrons. The van der Waals surface area contributed by atoms with Crippen LogP contribution in [0.4, 0.5) is 5.69 Å². The highest BCUT2D eigenvalue weighted by molar-refractivity contribution is 7.80. The number of hydrogen-bond acceptors (Lipinski definition) is 4. The summed E-state index contributed by atoms with van der Waals surface area (Å²) in [7, 11) is 0. The van der Waals surface area contributed by atoms with Crippen molar-refractivity contribution in [2.45, 2.75) is 13.3 Å². The fourth-order valence-electron chi connectivity index (χ4n) is 3.35. The number of nitrogens with zero attached hydrogens (tertiary/aromatic N) is 2. The average molecular weight is 491 g/mol. The summed E-state index contributed by atoms with van der Waals surface area (Å²) in [4.78, 5) is 20.0. The van der Waals surface area contributed by atoms with E-state index in [4.69, 9.17) is 23.8 Å². The van der Waals surface area contributed by atoms with Crippen LogP contribution in [-0.4, -0.2) is 33.7 Å². The number of hydrogen-bond donors (Lipinski definition) is 4. The minimum Gasteiger partial charge on any atom is -0.361 e. The summed E-state index contributed by atoms with van der Waals surface area (Å²) >= 11 is 11.3. The van der Waals surface area contributed by atoms with E-state index in [0.717, 1.165) is 33.4 Å². The maximum Gasteiger partial charge on any atom is 0.251 e. The monoisotopic (exact) mass is 490 g/mol. The number of benzene rings is 2. The fourth-order valence-corrected chi connectivity index (χ4v) is 3.69. The molecule has 0 saturated carbocycles. The van der Waals surface area contributed by atoms with Crippen molar-refractivity contribution in [3.8, 4) is 0 Å². The van der Waals surface area contributed by atoms with E-state index in [9.17, 15) is 4.79 Å². The summed E-state index contributed by atoms with van der Waals surface area (Å²) in [6.07, 6.45) is 6.01. The number of aromatic nitrogens is 2. The van der Waals surface area contributed by atoms with Crippen molar-refractivity contribution >= 4 is 57.6 Å². The van der Waals surface area contributed by atoms with E-state index in [1.807, 2.05) is 43.5 Å². The van der Waals surface area contributed by atoms with Crippen LogP contribution in [-0.2, 0) is 6.42 Å². The van der Waals surface area contributed by atoms with Crippen LogP contribution in [0.3, 0.4) is 0 Å². The first-order valence-corrected chi connectivity index (χ1v) is 11.4. The van der Waals surface area contributed by atoms with Gasteiger partial charge in [0, 0.05) is 46.1 Å². The van der Waals surface area contributed by atoms with E-state index in [1.54, 1.807) is 36.7 Å². The van der Waals surface area contributed by atoms with Crippen LogP contribution < -0.4 is 16.1 Å². The topological polar surface area (TPSA) is 94.2 Å². The smallest absolute Gasteiger partial charge is 0.251 e. The van der Waals surface area contributed by atoms with Crippen molar-refractivity contribution in [2.75, 3.05) is 11.9 Å². The number of thiocarbonyl (C=S) groups is 1. The second kappa shape index (κ2) is 10.9. The van der Waals surface area contributed by atoms with Crippen LogP contribution in [0.15, 0.2) is 72.1 Å². The first-order chi connectivity index (χ1) is 16.5. The molecule has 4 rings (SSSR count). The van der Waals surface area contributed by atoms with Crippen LogP contribution in [0.5, 0.6) is 0 Å². The van der Waals surface area contributed by atoms with E-state index in [-0.39, 0.29) is 5.91 Å². The van der Waals surface area contributed by atoms with Crippen LogP contribution >= 0.6 is 23.8 Å². The summed E-state index contributed by atoms with van der Waals surface area (Å²) < 4.78 is 0. The number of H-pyrrole nitrogens is 1. The van der Waals surface area contributed by atoms with E-state index in [0.29, 0.717) is 28.7 Å². The number of carbonyl (C=O) groups is 1. The van der Waals surface area contributed by atoms with Crippen LogP contribution in [0.2, 0.25) is 5.02 Å². The SMILES string of the molecule is Cc1ccc(/C=N/NC(=S)Nc2ccc(C(=O)NCCc3c[nH]c4ccc(Cl)cc34)cc2)nc1. The van der Waals surface area contributed by atoms with Crippen molar-refractivity contribution in [3.05, 3.63) is 94.4 Å². The number of nitrogens with one attached hydrogen (secondary N) is 4. The molecule has 0 aliphatic carbocycles. The molecule has 0 aliphatic rings. The van der Waals surface area contributed by atoms with Gasteiger partial charge < -0.3 is 15.6 Å². The molecule has 0 spiro atoms. The van der Waals surface area contributed by atoms with Gasteiger partial charge in [0.1, 0.15) is 0 Å². The maximum atomic E-state index is 12.5. The summed E-state index contributed by atoms with van der Waals surface area (Å²) in [6, 6.07) is 16.6. The third kappa shape index (κ3) is 6.18. The number of carbonyl (C=O) groups excluding carboxylic acids is 1. The van der Waals surface area contributed by atoms with Crippen LogP contribution in [0.25, 0.3) is 10.9 Å². The minimum absolute atomic E-state index is 0.139. The Kier molecular flexibility index (Phi) is 7.51. The Balaban J connectivity index is 1.24. The van der Waals surface area contributed by atoms with Gasteiger partial charge in [0.2, 0.25) is 0 Å². The van der Waals surface area contributed by atoms with Crippen molar-refractivity contribution < 1.29 is 4.79 Å². The van der Waals surface area contributed by atoms with Gasteiger partial charge >= 0.3 is 0 Å². The number of aryl methyl sites for hydroxylation is 1. The van der Waals surface area contributed by atoms with Crippen LogP contribution in [0, 0.1) is 6.92 Å². The largest absolute Gasteiger partial charge is 0.361 e. The molecule has 7 nitrogen and oxygen atoms in total. The highest BCUT2D eigenvalue weighted by atomic mass is 35.5. The third-order valence-electron chi connectivity index (χ3n) is 5.11. The number of anilines is 1. The number of rotatable bonds is 7. The molecule has 2 aromatic heterocycles. The van der Waals surface area contributed by atoms with E-state index in [2.05, 4.69) is 31.1 Å². The maximum absolute atomic E-state index is 12.5. The second-order valence-corrected chi connectivity index (χ2v) is 8.52. The number of amides is 1. The summed E-state index contributed by atoms with van der Waals surface area (Å²) in [5.74, 6) is -0.139. The molecule has 2 heterocycles. The molecule has 0 unspecified atom stereocenters. The van der Waals surface area contributed by atoms with E-state index in [1.165, 1.54) is 0 Å². The van der Waals surface area contributed by atoms with Crippen molar-refractivity contribution in [1.82, 2.24) is 20.7 Å². The molecular formula is C25H23ClN6OS. The lowest BCUT2D eigenvalue weighted by Crippen LogP contribution is -2.26. The molecule has 2 aromatic carbocycles. The third-order valence-corrected chi connectivity index (χ3v) is 5.54. The van der Waals surface area contributed by atoms with Gasteiger partial charge in [0.25, 0.3) is 5.91 Å². The molecule has 4 N–H and O–H groups in total. The Morgan fingerprint density at radius 1 is 1.18 bits per heavy atom. The van der Waals surface area contributed by atoms with Gasteiger partial charge in [0.15, 0.2) is 5.11 Å². The standard InChI is InChI=1S/C25H23ClN6OS/c1-16-2-6-21(28-13-16)15-30-32-25(34)31-20-7-3-17(4-8-20)24(33)27-11-10-18-14-29-23-9-5-19(26)12-22(18)23/h2-9,12-15,29H,10-11H2,1H3,(H,27,33)(H2,31,32,34)/b30-15+. The zero-order valence-corrected chi connectivity index (χ0v) is 20.0. The molecule has 9 heteroatoms. The zero-order chi connectivity index (χ0) is 23.9. The van der Waals surface area contributed by atoms with Gasteiger partial charge in [-0.3, -0.25) is 15.2 Å². The molecule has 1 amide bonds. The predicted octanol–water partition coefficient (Wildman–Crippen LogP) is 4.82. The highest BCUT2D eigenvalue weighted by Crippen LogP contribution is 2.22. The Morgan fingerprint density at radius 3 is 2.76 bits per heavy atom. The summed E-state index contributed by atoms with van der Waals surface area (Å²) in [6.45, 7) is 2.49. The Hall–Kier alpha value is -3.75. The van der Waals surface area contributed by atoms with Gasteiger partial charge in [-0.05, 0) is 85.2 Å². The van der Waals surface area contributed by atoms with Crippen molar-refractivity contribution in [2.24, 2.45) is 5.10 Å². The highest BCUT2D eigenvalue weighted by Gasteiger charge is 2.08. The number of aromatic amines is 1. The summed E-state index contributed by atoms with van der Waals surface area (Å²) in [5, 5.41) is 12.2. The van der Waals surface area contributed by atoms with Crippen molar-refractivity contribution in [3.63, 3.8) is 0 Å². The molecule has 4 aromatic rings. The molecular weight excluding hydrogens is 468 g/mol. The summed E-state index contributed by atoms with van der Waals surface area (Å²) in [5.41, 5.74) is 8.00. The average Bonchev–Trinajstić information content (AvgIpc) is 3.23. The molecule has 0 aliphatic heterocycles. The molecule has 0 fully saturated rings. The number of halogens is 1. The van der Waals surface area contributed by atoms with Gasteiger partial charge in [0.05, 0.1) is 11.9 Å². The van der Waals surface area contributed by atoms with Crippen LogP contribution in [0.1, 0.15) is 27.2 Å². The fraction of sp³-hybridized carbons (Fsp3) is 0.120. The second-order valence-electron chi connectivity index (χ2n) is 7.67. The lowest BCUT2D eigenvalue weighted by atomic mass is 10.1. The number of hydrazone groups is 1. The molecule has 0 atom stereocenters. The molecule has 0 saturated heterocycles. The van der Waals surface area contributed by atoms with E-state index < -0.39 is 0 Å². The molecule has 172 valence electrons. The Bertz CT molecular complexity index is 1330. The van der Waals surface area contributed by atoms with Gasteiger partial charge in [-0.1, -0.05) is 17.7 Å². The molecule has 34 heavy (non-hydrogen) atoms. The zero-order valence-electron chi connectivity index (χ0n) is 18.4. The number of fused-ring (bicyclic) bond motifs is 1. The Morgan fingerprint density at radius 2 is 2.00 bits per heavy atom. The van der Waals surface area contributed by atoms with E-state index >= 15 is 0 Å². The first kappa shape index (κ1) is 23.4. The normalized spacial score (nSPS) is 11.0.